The number of benzene rings is 2. The molecule has 2 rings (SSSR count). The molecule has 6 heteroatoms. The van der Waals surface area contributed by atoms with Crippen molar-refractivity contribution in [2.75, 3.05) is 19.0 Å². The van der Waals surface area contributed by atoms with Gasteiger partial charge in [-0.2, -0.15) is 0 Å². The summed E-state index contributed by atoms with van der Waals surface area (Å²) in [7, 11) is 1.56. The number of rotatable bonds is 5. The molecule has 0 aliphatic heterocycles. The SMILES string of the molecule is COc1ccccc1NCC(=O)NNC(=O)c1ccc(C(C)(C)C)cc1. The van der Waals surface area contributed by atoms with Crippen LogP contribution in [0.3, 0.4) is 0 Å². The molecule has 0 aliphatic carbocycles. The number of hydrogen-bond donors (Lipinski definition) is 3. The molecule has 0 heterocycles. The van der Waals surface area contributed by atoms with Crippen LogP contribution in [0.1, 0.15) is 36.7 Å². The van der Waals surface area contributed by atoms with Gasteiger partial charge in [0.05, 0.1) is 19.3 Å². The molecule has 2 aromatic carbocycles. The van der Waals surface area contributed by atoms with Crippen LogP contribution < -0.4 is 20.9 Å². The van der Waals surface area contributed by atoms with Crippen LogP contribution in [0.15, 0.2) is 48.5 Å². The van der Waals surface area contributed by atoms with E-state index in [0.29, 0.717) is 17.0 Å². The zero-order valence-electron chi connectivity index (χ0n) is 15.6. The monoisotopic (exact) mass is 355 g/mol. The minimum Gasteiger partial charge on any atom is -0.495 e. The first-order valence-corrected chi connectivity index (χ1v) is 8.38. The minimum absolute atomic E-state index is 0.00359. The Bertz CT molecular complexity index is 765. The van der Waals surface area contributed by atoms with Crippen molar-refractivity contribution in [1.82, 2.24) is 10.9 Å². The van der Waals surface area contributed by atoms with Crippen molar-refractivity contribution >= 4 is 17.5 Å². The molecule has 0 aliphatic rings. The van der Waals surface area contributed by atoms with E-state index in [9.17, 15) is 9.59 Å². The van der Waals surface area contributed by atoms with E-state index in [2.05, 4.69) is 36.9 Å². The Morgan fingerprint density at radius 1 is 0.962 bits per heavy atom. The van der Waals surface area contributed by atoms with Gasteiger partial charge < -0.3 is 10.1 Å². The Morgan fingerprint density at radius 2 is 1.62 bits per heavy atom. The fourth-order valence-electron chi connectivity index (χ4n) is 2.33. The maximum absolute atomic E-state index is 12.1. The number of carbonyl (C=O) groups excluding carboxylic acids is 2. The lowest BCUT2D eigenvalue weighted by Crippen LogP contribution is -2.44. The first-order chi connectivity index (χ1) is 12.3. The molecule has 6 nitrogen and oxygen atoms in total. The van der Waals surface area contributed by atoms with Gasteiger partial charge in [0.15, 0.2) is 0 Å². The Labute approximate surface area is 153 Å². The van der Waals surface area contributed by atoms with E-state index in [1.807, 2.05) is 30.3 Å². The second kappa shape index (κ2) is 8.38. The summed E-state index contributed by atoms with van der Waals surface area (Å²) < 4.78 is 5.20. The fourth-order valence-corrected chi connectivity index (χ4v) is 2.33. The van der Waals surface area contributed by atoms with Crippen LogP contribution >= 0.6 is 0 Å². The van der Waals surface area contributed by atoms with Crippen LogP contribution in [-0.4, -0.2) is 25.5 Å². The van der Waals surface area contributed by atoms with Crippen LogP contribution in [0.2, 0.25) is 0 Å². The van der Waals surface area contributed by atoms with Gasteiger partial charge in [-0.25, -0.2) is 0 Å². The number of hydrazine groups is 1. The first-order valence-electron chi connectivity index (χ1n) is 8.38. The third-order valence-electron chi connectivity index (χ3n) is 3.87. The molecule has 2 amide bonds. The maximum Gasteiger partial charge on any atom is 0.269 e. The number of anilines is 1. The molecule has 3 N–H and O–H groups in total. The molecule has 0 fully saturated rings. The van der Waals surface area contributed by atoms with Crippen LogP contribution in [0.4, 0.5) is 5.69 Å². The van der Waals surface area contributed by atoms with Crippen molar-refractivity contribution in [1.29, 1.82) is 0 Å². The van der Waals surface area contributed by atoms with E-state index in [4.69, 9.17) is 4.74 Å². The molecule has 0 atom stereocenters. The van der Waals surface area contributed by atoms with Gasteiger partial charge in [0, 0.05) is 5.56 Å². The minimum atomic E-state index is -0.365. The van der Waals surface area contributed by atoms with Crippen molar-refractivity contribution in [2.24, 2.45) is 0 Å². The average molecular weight is 355 g/mol. The van der Waals surface area contributed by atoms with E-state index < -0.39 is 0 Å². The highest BCUT2D eigenvalue weighted by molar-refractivity contribution is 5.95. The maximum atomic E-state index is 12.1. The van der Waals surface area contributed by atoms with Crippen molar-refractivity contribution in [3.05, 3.63) is 59.7 Å². The zero-order valence-corrected chi connectivity index (χ0v) is 15.6. The fraction of sp³-hybridized carbons (Fsp3) is 0.300. The molecule has 0 aromatic heterocycles. The zero-order chi connectivity index (χ0) is 19.2. The topological polar surface area (TPSA) is 79.5 Å². The van der Waals surface area contributed by atoms with Crippen LogP contribution in [0.25, 0.3) is 0 Å². The van der Waals surface area contributed by atoms with Crippen molar-refractivity contribution in [3.63, 3.8) is 0 Å². The van der Waals surface area contributed by atoms with E-state index in [-0.39, 0.29) is 23.8 Å². The number of hydrogen-bond acceptors (Lipinski definition) is 4. The largest absolute Gasteiger partial charge is 0.495 e. The summed E-state index contributed by atoms with van der Waals surface area (Å²) in [6, 6.07) is 14.6. The van der Waals surface area contributed by atoms with Gasteiger partial charge in [0.25, 0.3) is 11.8 Å². The standard InChI is InChI=1S/C20H25N3O3/c1-20(2,3)15-11-9-14(10-12-15)19(25)23-22-18(24)13-21-16-7-5-6-8-17(16)26-4/h5-12,21H,13H2,1-4H3,(H,22,24)(H,23,25). The molecular formula is C20H25N3O3. The number of methoxy groups -OCH3 is 1. The lowest BCUT2D eigenvalue weighted by molar-refractivity contribution is -0.120. The third kappa shape index (κ3) is 5.24. The molecule has 138 valence electrons. The summed E-state index contributed by atoms with van der Waals surface area (Å²) >= 11 is 0. The highest BCUT2D eigenvalue weighted by atomic mass is 16.5. The molecule has 2 aromatic rings. The Hall–Kier alpha value is -3.02. The van der Waals surface area contributed by atoms with E-state index in [1.54, 1.807) is 25.3 Å². The predicted octanol–water partition coefficient (Wildman–Crippen LogP) is 2.87. The van der Waals surface area contributed by atoms with Gasteiger partial charge in [0.2, 0.25) is 0 Å². The average Bonchev–Trinajstić information content (AvgIpc) is 2.64. The summed E-state index contributed by atoms with van der Waals surface area (Å²) in [5.41, 5.74) is 7.15. The molecule has 0 radical (unpaired) electrons. The smallest absolute Gasteiger partial charge is 0.269 e. The van der Waals surface area contributed by atoms with Crippen molar-refractivity contribution < 1.29 is 14.3 Å². The number of carbonyl (C=O) groups is 2. The van der Waals surface area contributed by atoms with Crippen molar-refractivity contribution in [2.45, 2.75) is 26.2 Å². The number of ether oxygens (including phenoxy) is 1. The highest BCUT2D eigenvalue weighted by Gasteiger charge is 2.14. The molecule has 0 bridgehead atoms. The molecule has 0 saturated heterocycles. The Morgan fingerprint density at radius 3 is 2.23 bits per heavy atom. The van der Waals surface area contributed by atoms with Gasteiger partial charge in [-0.1, -0.05) is 45.0 Å². The van der Waals surface area contributed by atoms with Crippen LogP contribution in [-0.2, 0) is 10.2 Å². The van der Waals surface area contributed by atoms with E-state index >= 15 is 0 Å². The van der Waals surface area contributed by atoms with E-state index in [1.165, 1.54) is 0 Å². The predicted molar refractivity (Wildman–Crippen MR) is 102 cm³/mol. The van der Waals surface area contributed by atoms with Gasteiger partial charge in [-0.3, -0.25) is 20.4 Å². The first kappa shape index (κ1) is 19.3. The van der Waals surface area contributed by atoms with Crippen molar-refractivity contribution in [3.8, 4) is 5.75 Å². The normalized spacial score (nSPS) is 10.8. The second-order valence-electron chi connectivity index (χ2n) is 6.88. The van der Waals surface area contributed by atoms with E-state index in [0.717, 1.165) is 5.56 Å². The summed E-state index contributed by atoms with van der Waals surface area (Å²) in [4.78, 5) is 24.0. The number of para-hydroxylation sites is 2. The second-order valence-corrected chi connectivity index (χ2v) is 6.88. The lowest BCUT2D eigenvalue weighted by Gasteiger charge is -2.19. The Balaban J connectivity index is 1.84. The summed E-state index contributed by atoms with van der Waals surface area (Å²) in [6.07, 6.45) is 0. The molecule has 26 heavy (non-hydrogen) atoms. The van der Waals surface area contributed by atoms with Gasteiger partial charge in [-0.05, 0) is 35.2 Å². The van der Waals surface area contributed by atoms with Gasteiger partial charge in [0.1, 0.15) is 5.75 Å². The van der Waals surface area contributed by atoms with Gasteiger partial charge in [-0.15, -0.1) is 0 Å². The van der Waals surface area contributed by atoms with Crippen LogP contribution in [0, 0.1) is 0 Å². The summed E-state index contributed by atoms with van der Waals surface area (Å²) in [5.74, 6) is -0.0880. The molecular weight excluding hydrogens is 330 g/mol. The highest BCUT2D eigenvalue weighted by Crippen LogP contribution is 2.23. The quantitative estimate of drug-likeness (QED) is 0.721. The molecule has 0 unspecified atom stereocenters. The molecule has 0 spiro atoms. The summed E-state index contributed by atoms with van der Waals surface area (Å²) in [5, 5.41) is 2.96. The van der Waals surface area contributed by atoms with Gasteiger partial charge >= 0.3 is 0 Å². The number of amides is 2. The summed E-state index contributed by atoms with van der Waals surface area (Å²) in [6.45, 7) is 6.33. The molecule has 0 saturated carbocycles. The lowest BCUT2D eigenvalue weighted by atomic mass is 9.87. The third-order valence-corrected chi connectivity index (χ3v) is 3.87. The van der Waals surface area contributed by atoms with Crippen LogP contribution in [0.5, 0.6) is 5.75 Å². The number of nitrogens with one attached hydrogen (secondary N) is 3. The Kier molecular flexibility index (Phi) is 6.22.